The molecule has 1 aliphatic rings. The number of halogens is 2. The summed E-state index contributed by atoms with van der Waals surface area (Å²) in [6.45, 7) is 4.86. The van der Waals surface area contributed by atoms with Crippen molar-refractivity contribution in [1.82, 2.24) is 9.78 Å². The topological polar surface area (TPSA) is 73.2 Å². The minimum absolute atomic E-state index is 0.311. The summed E-state index contributed by atoms with van der Waals surface area (Å²) >= 11 is 11.9. The van der Waals surface area contributed by atoms with E-state index in [1.54, 1.807) is 18.5 Å². The third-order valence-corrected chi connectivity index (χ3v) is 5.70. The van der Waals surface area contributed by atoms with E-state index in [0.29, 0.717) is 17.8 Å². The summed E-state index contributed by atoms with van der Waals surface area (Å²) in [7, 11) is 0. The number of aryl methyl sites for hydroxylation is 1. The maximum atomic E-state index is 12.2. The third kappa shape index (κ3) is 3.31. The number of aromatic nitrogens is 2. The number of nitrogens with zero attached hydrogens (tertiary/aromatic N) is 2. The van der Waals surface area contributed by atoms with Gasteiger partial charge in [-0.15, -0.1) is 23.2 Å². The van der Waals surface area contributed by atoms with Gasteiger partial charge in [-0.1, -0.05) is 18.2 Å². The second-order valence-corrected chi connectivity index (χ2v) is 8.11. The Morgan fingerprint density at radius 2 is 1.88 bits per heavy atom. The molecule has 6 nitrogen and oxygen atoms in total. The number of hydrogen-bond acceptors (Lipinski definition) is 4. The molecule has 1 aromatic heterocycles. The van der Waals surface area contributed by atoms with Crippen molar-refractivity contribution in [3.63, 3.8) is 0 Å². The van der Waals surface area contributed by atoms with Crippen LogP contribution in [-0.4, -0.2) is 32.6 Å². The SMILES string of the molecule is Cc1nn(-c2ccccc2)c(C)c1NC(=O)COC(=O)C1(C)CC1(Cl)Cl. The van der Waals surface area contributed by atoms with Gasteiger partial charge < -0.3 is 10.1 Å². The summed E-state index contributed by atoms with van der Waals surface area (Å²) in [6.07, 6.45) is 0.311. The zero-order valence-electron chi connectivity index (χ0n) is 14.7. The lowest BCUT2D eigenvalue weighted by Crippen LogP contribution is -2.27. The molecule has 0 saturated heterocycles. The highest BCUT2D eigenvalue weighted by Crippen LogP contribution is 2.64. The van der Waals surface area contributed by atoms with E-state index in [1.165, 1.54) is 0 Å². The lowest BCUT2D eigenvalue weighted by atomic mass is 10.1. The number of para-hydroxylation sites is 1. The van der Waals surface area contributed by atoms with Gasteiger partial charge in [0, 0.05) is 6.42 Å². The first-order valence-electron chi connectivity index (χ1n) is 8.12. The molecule has 0 bridgehead atoms. The predicted molar refractivity (Wildman–Crippen MR) is 99.8 cm³/mol. The Kier molecular flexibility index (Phi) is 4.75. The molecule has 1 aliphatic carbocycles. The molecule has 0 aliphatic heterocycles. The molecule has 0 spiro atoms. The lowest BCUT2D eigenvalue weighted by Gasteiger charge is -2.12. The van der Waals surface area contributed by atoms with Crippen molar-refractivity contribution in [3.05, 3.63) is 41.7 Å². The van der Waals surface area contributed by atoms with Crippen molar-refractivity contribution < 1.29 is 14.3 Å². The Labute approximate surface area is 161 Å². The maximum Gasteiger partial charge on any atom is 0.315 e. The number of amides is 1. The first-order valence-corrected chi connectivity index (χ1v) is 8.88. The van der Waals surface area contributed by atoms with Crippen LogP contribution in [0.5, 0.6) is 0 Å². The highest BCUT2D eigenvalue weighted by Gasteiger charge is 2.69. The maximum absolute atomic E-state index is 12.2. The van der Waals surface area contributed by atoms with Gasteiger partial charge in [0.2, 0.25) is 0 Å². The largest absolute Gasteiger partial charge is 0.455 e. The van der Waals surface area contributed by atoms with Gasteiger partial charge in [-0.3, -0.25) is 9.59 Å². The van der Waals surface area contributed by atoms with Gasteiger partial charge in [0.15, 0.2) is 6.61 Å². The number of alkyl halides is 2. The average Bonchev–Trinajstić information content (AvgIpc) is 3.01. The van der Waals surface area contributed by atoms with Crippen LogP contribution in [-0.2, 0) is 14.3 Å². The van der Waals surface area contributed by atoms with Crippen LogP contribution in [0.25, 0.3) is 5.69 Å². The van der Waals surface area contributed by atoms with E-state index in [0.717, 1.165) is 11.4 Å². The number of anilines is 1. The van der Waals surface area contributed by atoms with Gasteiger partial charge in [0.25, 0.3) is 5.91 Å². The Hall–Kier alpha value is -2.05. The molecule has 1 saturated carbocycles. The van der Waals surface area contributed by atoms with Gasteiger partial charge in [-0.2, -0.15) is 5.10 Å². The number of hydrogen-bond donors (Lipinski definition) is 1. The zero-order valence-corrected chi connectivity index (χ0v) is 16.2. The predicted octanol–water partition coefficient (Wildman–Crippen LogP) is 3.55. The zero-order chi connectivity index (χ0) is 19.1. The van der Waals surface area contributed by atoms with Crippen molar-refractivity contribution in [1.29, 1.82) is 0 Å². The van der Waals surface area contributed by atoms with E-state index >= 15 is 0 Å². The van der Waals surface area contributed by atoms with Crippen molar-refractivity contribution in [2.24, 2.45) is 5.41 Å². The first kappa shape index (κ1) is 18.7. The minimum Gasteiger partial charge on any atom is -0.455 e. The summed E-state index contributed by atoms with van der Waals surface area (Å²) in [5.41, 5.74) is 1.98. The second-order valence-electron chi connectivity index (χ2n) is 6.63. The summed E-state index contributed by atoms with van der Waals surface area (Å²) in [5.74, 6) is -1.03. The number of nitrogens with one attached hydrogen (secondary N) is 1. The molecular formula is C18H19Cl2N3O3. The smallest absolute Gasteiger partial charge is 0.315 e. The Bertz CT molecular complexity index is 864. The number of benzene rings is 1. The molecule has 8 heteroatoms. The standard InChI is InChI=1S/C18H19Cl2N3O3/c1-11-15(12(2)23(22-11)13-7-5-4-6-8-13)21-14(24)9-26-16(25)17(3)10-18(17,19)20/h4-8H,9-10H2,1-3H3,(H,21,24). The van der Waals surface area contributed by atoms with Gasteiger partial charge in [-0.05, 0) is 32.9 Å². The molecule has 1 aromatic carbocycles. The van der Waals surface area contributed by atoms with Crippen LogP contribution in [0.4, 0.5) is 5.69 Å². The van der Waals surface area contributed by atoms with E-state index in [2.05, 4.69) is 10.4 Å². The second kappa shape index (κ2) is 6.59. The highest BCUT2D eigenvalue weighted by molar-refractivity contribution is 6.53. The fourth-order valence-electron chi connectivity index (χ4n) is 2.73. The van der Waals surface area contributed by atoms with Crippen LogP contribution in [0.3, 0.4) is 0 Å². The Morgan fingerprint density at radius 1 is 1.27 bits per heavy atom. The van der Waals surface area contributed by atoms with Crippen molar-refractivity contribution in [2.75, 3.05) is 11.9 Å². The number of carbonyl (C=O) groups is 2. The summed E-state index contributed by atoms with van der Waals surface area (Å²) < 4.78 is 5.69. The van der Waals surface area contributed by atoms with Crippen LogP contribution in [0, 0.1) is 19.3 Å². The molecule has 1 amide bonds. The van der Waals surface area contributed by atoms with Crippen LogP contribution in [0.1, 0.15) is 24.7 Å². The number of carbonyl (C=O) groups excluding carboxylic acids is 2. The van der Waals surface area contributed by atoms with E-state index in [4.69, 9.17) is 27.9 Å². The van der Waals surface area contributed by atoms with Crippen molar-refractivity contribution in [3.8, 4) is 5.69 Å². The first-order chi connectivity index (χ1) is 12.2. The van der Waals surface area contributed by atoms with Gasteiger partial charge in [0.1, 0.15) is 9.75 Å². The fourth-order valence-corrected chi connectivity index (χ4v) is 3.42. The average molecular weight is 396 g/mol. The van der Waals surface area contributed by atoms with Crippen LogP contribution in [0.15, 0.2) is 30.3 Å². The molecule has 1 atom stereocenters. The lowest BCUT2D eigenvalue weighted by molar-refractivity contribution is -0.152. The Balaban J connectivity index is 1.65. The summed E-state index contributed by atoms with van der Waals surface area (Å²) in [6, 6.07) is 9.59. The number of rotatable bonds is 5. The van der Waals surface area contributed by atoms with Gasteiger partial charge in [0.05, 0.1) is 22.8 Å². The highest BCUT2D eigenvalue weighted by atomic mass is 35.5. The van der Waals surface area contributed by atoms with Crippen LogP contribution in [0.2, 0.25) is 0 Å². The molecular weight excluding hydrogens is 377 g/mol. The number of esters is 1. The molecule has 138 valence electrons. The van der Waals surface area contributed by atoms with E-state index in [-0.39, 0.29) is 0 Å². The van der Waals surface area contributed by atoms with E-state index in [9.17, 15) is 9.59 Å². The van der Waals surface area contributed by atoms with Crippen LogP contribution < -0.4 is 5.32 Å². The summed E-state index contributed by atoms with van der Waals surface area (Å²) in [4.78, 5) is 24.2. The van der Waals surface area contributed by atoms with Crippen LogP contribution >= 0.6 is 23.2 Å². The monoisotopic (exact) mass is 395 g/mol. The molecule has 2 aromatic rings. The van der Waals surface area contributed by atoms with Gasteiger partial charge >= 0.3 is 5.97 Å². The van der Waals surface area contributed by atoms with E-state index < -0.39 is 28.2 Å². The fraction of sp³-hybridized carbons (Fsp3) is 0.389. The molecule has 1 unspecified atom stereocenters. The quantitative estimate of drug-likeness (QED) is 0.620. The third-order valence-electron chi connectivity index (χ3n) is 4.60. The van der Waals surface area contributed by atoms with E-state index in [1.807, 2.05) is 37.3 Å². The molecule has 3 rings (SSSR count). The Morgan fingerprint density at radius 3 is 2.46 bits per heavy atom. The molecule has 1 fully saturated rings. The molecule has 1 N–H and O–H groups in total. The van der Waals surface area contributed by atoms with Crippen molar-refractivity contribution in [2.45, 2.75) is 31.5 Å². The molecule has 26 heavy (non-hydrogen) atoms. The summed E-state index contributed by atoms with van der Waals surface area (Å²) in [5, 5.41) is 7.21. The van der Waals surface area contributed by atoms with Crippen molar-refractivity contribution >= 4 is 40.8 Å². The minimum atomic E-state index is -1.12. The molecule has 0 radical (unpaired) electrons. The number of ether oxygens (including phenoxy) is 1. The normalized spacial score (nSPS) is 20.5. The van der Waals surface area contributed by atoms with Gasteiger partial charge in [-0.25, -0.2) is 4.68 Å². The molecule has 1 heterocycles.